The first-order valence-electron chi connectivity index (χ1n) is 19.0. The normalized spacial score (nSPS) is 13.2. The van der Waals surface area contributed by atoms with Crippen LogP contribution in [0, 0.1) is 0 Å². The zero-order valence-electron chi connectivity index (χ0n) is 29.9. The Bertz CT molecular complexity index is 3090. The van der Waals surface area contributed by atoms with Crippen LogP contribution < -0.4 is 4.90 Å². The summed E-state index contributed by atoms with van der Waals surface area (Å²) in [6.07, 6.45) is 0. The van der Waals surface area contributed by atoms with Gasteiger partial charge in [-0.3, -0.25) is 0 Å². The predicted octanol–water partition coefficient (Wildman–Crippen LogP) is 14.2. The van der Waals surface area contributed by atoms with Gasteiger partial charge in [-0.25, -0.2) is 0 Å². The van der Waals surface area contributed by atoms with Crippen LogP contribution in [0.3, 0.4) is 0 Å². The van der Waals surface area contributed by atoms with Crippen molar-refractivity contribution in [3.63, 3.8) is 0 Å². The van der Waals surface area contributed by atoms with Crippen LogP contribution >= 0.6 is 0 Å². The maximum absolute atomic E-state index is 6.83. The van der Waals surface area contributed by atoms with Crippen LogP contribution in [-0.4, -0.2) is 0 Å². The molecule has 2 heteroatoms. The summed E-state index contributed by atoms with van der Waals surface area (Å²) in [5, 5.41) is 4.62. The third-order valence-electron chi connectivity index (χ3n) is 12.1. The largest absolute Gasteiger partial charge is 0.456 e. The van der Waals surface area contributed by atoms with E-state index < -0.39 is 5.41 Å². The average molecular weight is 700 g/mol. The SMILES string of the molecule is c1ccc(-c2cc3oc4cccc(N(c5ccccc5)c5ccc6c(c5)C5(c7ccccc7-c7ccccc75)c5ccccc5-6)c4c3c3ccccc23)cc1. The van der Waals surface area contributed by atoms with E-state index in [9.17, 15) is 0 Å². The van der Waals surface area contributed by atoms with E-state index >= 15 is 0 Å². The van der Waals surface area contributed by atoms with Gasteiger partial charge in [0.15, 0.2) is 0 Å². The molecule has 0 saturated carbocycles. The monoisotopic (exact) mass is 699 g/mol. The van der Waals surface area contributed by atoms with Gasteiger partial charge in [0, 0.05) is 16.8 Å². The lowest BCUT2D eigenvalue weighted by molar-refractivity contribution is 0.669. The van der Waals surface area contributed by atoms with Gasteiger partial charge in [-0.1, -0.05) is 158 Å². The smallest absolute Gasteiger partial charge is 0.137 e. The van der Waals surface area contributed by atoms with Gasteiger partial charge in [-0.15, -0.1) is 0 Å². The summed E-state index contributed by atoms with van der Waals surface area (Å²) in [5.74, 6) is 0. The van der Waals surface area contributed by atoms with Crippen LogP contribution in [0.4, 0.5) is 17.1 Å². The predicted molar refractivity (Wildman–Crippen MR) is 228 cm³/mol. The van der Waals surface area contributed by atoms with E-state index in [1.807, 2.05) is 0 Å². The lowest BCUT2D eigenvalue weighted by Gasteiger charge is -2.32. The maximum atomic E-state index is 6.83. The summed E-state index contributed by atoms with van der Waals surface area (Å²) >= 11 is 0. The fourth-order valence-corrected chi connectivity index (χ4v) is 9.93. The van der Waals surface area contributed by atoms with Gasteiger partial charge >= 0.3 is 0 Å². The highest BCUT2D eigenvalue weighted by atomic mass is 16.3. The molecule has 1 spiro atoms. The van der Waals surface area contributed by atoms with Crippen molar-refractivity contribution in [2.45, 2.75) is 5.41 Å². The molecule has 0 aliphatic heterocycles. The van der Waals surface area contributed by atoms with Gasteiger partial charge < -0.3 is 9.32 Å². The third-order valence-corrected chi connectivity index (χ3v) is 12.1. The molecule has 0 bridgehead atoms. The Kier molecular flexibility index (Phi) is 6.29. The second-order valence-corrected chi connectivity index (χ2v) is 14.7. The Balaban J connectivity index is 1.16. The summed E-state index contributed by atoms with van der Waals surface area (Å²) in [5.41, 5.74) is 17.5. The van der Waals surface area contributed by atoms with Crippen molar-refractivity contribution in [2.75, 3.05) is 4.90 Å². The topological polar surface area (TPSA) is 16.4 Å². The van der Waals surface area contributed by atoms with Crippen LogP contribution in [0.2, 0.25) is 0 Å². The van der Waals surface area contributed by atoms with Crippen LogP contribution in [0.5, 0.6) is 0 Å². The van der Waals surface area contributed by atoms with Crippen molar-refractivity contribution < 1.29 is 4.42 Å². The highest BCUT2D eigenvalue weighted by Crippen LogP contribution is 2.63. The van der Waals surface area contributed by atoms with Crippen molar-refractivity contribution in [3.8, 4) is 33.4 Å². The van der Waals surface area contributed by atoms with E-state index in [1.54, 1.807) is 0 Å². The number of furan rings is 1. The Morgan fingerprint density at radius 2 is 0.909 bits per heavy atom. The van der Waals surface area contributed by atoms with Crippen molar-refractivity contribution in [2.24, 2.45) is 0 Å². The summed E-state index contributed by atoms with van der Waals surface area (Å²) in [4.78, 5) is 2.43. The molecule has 10 aromatic rings. The molecule has 55 heavy (non-hydrogen) atoms. The van der Waals surface area contributed by atoms with E-state index in [2.05, 4.69) is 205 Å². The number of hydrogen-bond acceptors (Lipinski definition) is 2. The minimum Gasteiger partial charge on any atom is -0.456 e. The van der Waals surface area contributed by atoms with Crippen molar-refractivity contribution in [1.82, 2.24) is 0 Å². The van der Waals surface area contributed by atoms with Gasteiger partial charge in [0.05, 0.1) is 16.5 Å². The van der Waals surface area contributed by atoms with Gasteiger partial charge in [0.2, 0.25) is 0 Å². The number of rotatable bonds is 4. The zero-order valence-corrected chi connectivity index (χ0v) is 29.9. The van der Waals surface area contributed by atoms with E-state index in [0.29, 0.717) is 0 Å². The van der Waals surface area contributed by atoms with Crippen LogP contribution in [0.25, 0.3) is 66.1 Å². The Morgan fingerprint density at radius 3 is 1.58 bits per heavy atom. The molecule has 0 fully saturated rings. The van der Waals surface area contributed by atoms with Crippen LogP contribution in [0.1, 0.15) is 22.3 Å². The molecule has 2 aliphatic carbocycles. The zero-order chi connectivity index (χ0) is 36.1. The molecule has 0 atom stereocenters. The minimum atomic E-state index is -0.435. The Morgan fingerprint density at radius 1 is 0.345 bits per heavy atom. The summed E-state index contributed by atoms with van der Waals surface area (Å²) < 4.78 is 6.83. The summed E-state index contributed by atoms with van der Waals surface area (Å²) in [6.45, 7) is 0. The van der Waals surface area contributed by atoms with Gasteiger partial charge in [0.25, 0.3) is 0 Å². The highest BCUT2D eigenvalue weighted by molar-refractivity contribution is 6.25. The number of benzene rings is 9. The first-order chi connectivity index (χ1) is 27.3. The fraction of sp³-hybridized carbons (Fsp3) is 0.0189. The molecule has 256 valence electrons. The average Bonchev–Trinajstić information content (AvgIpc) is 3.89. The molecule has 0 radical (unpaired) electrons. The molecule has 2 aliphatic rings. The third kappa shape index (κ3) is 4.08. The molecule has 1 heterocycles. The number of anilines is 3. The Hall–Kier alpha value is -7.16. The van der Waals surface area contributed by atoms with Crippen LogP contribution in [-0.2, 0) is 5.41 Å². The molecule has 12 rings (SSSR count). The molecule has 1 aromatic heterocycles. The maximum Gasteiger partial charge on any atom is 0.137 e. The quantitative estimate of drug-likeness (QED) is 0.182. The van der Waals surface area contributed by atoms with Crippen molar-refractivity contribution in [1.29, 1.82) is 0 Å². The lowest BCUT2D eigenvalue weighted by Crippen LogP contribution is -2.26. The first-order valence-corrected chi connectivity index (χ1v) is 19.0. The summed E-state index contributed by atoms with van der Waals surface area (Å²) in [7, 11) is 0. The van der Waals surface area contributed by atoms with E-state index in [1.165, 1.54) is 66.4 Å². The number of para-hydroxylation sites is 1. The molecule has 2 nitrogen and oxygen atoms in total. The minimum absolute atomic E-state index is 0.435. The Labute approximate surface area is 319 Å². The standard InChI is InChI=1S/C53H33NO/c1-3-16-34(17-4-1)43-33-50-51(42-24-8-7-20-37(42)43)52-48(28-15-29-49(52)55-50)54(35-18-5-2-6-19-35)36-30-31-41-40-23-11-14-27-46(40)53(47(41)32-36)44-25-12-9-21-38(44)39-22-10-13-26-45(39)53/h1-33H. The summed E-state index contributed by atoms with van der Waals surface area (Å²) in [6, 6.07) is 73.1. The first kappa shape index (κ1) is 30.3. The van der Waals surface area contributed by atoms with Crippen LogP contribution in [0.15, 0.2) is 205 Å². The molecule has 0 amide bonds. The van der Waals surface area contributed by atoms with Gasteiger partial charge in [-0.2, -0.15) is 0 Å². The second-order valence-electron chi connectivity index (χ2n) is 14.7. The van der Waals surface area contributed by atoms with E-state index in [4.69, 9.17) is 4.42 Å². The molecule has 0 N–H and O–H groups in total. The van der Waals surface area contributed by atoms with Crippen molar-refractivity contribution in [3.05, 3.63) is 222 Å². The number of nitrogens with zero attached hydrogens (tertiary/aromatic N) is 1. The highest BCUT2D eigenvalue weighted by Gasteiger charge is 2.51. The second kappa shape index (κ2) is 11.4. The molecular formula is C53H33NO. The molecular weight excluding hydrogens is 667 g/mol. The van der Waals surface area contributed by atoms with E-state index in [-0.39, 0.29) is 0 Å². The molecule has 9 aromatic carbocycles. The van der Waals surface area contributed by atoms with Gasteiger partial charge in [0.1, 0.15) is 11.2 Å². The van der Waals surface area contributed by atoms with Gasteiger partial charge in [-0.05, 0) is 109 Å². The number of fused-ring (bicyclic) bond motifs is 15. The molecule has 0 unspecified atom stereocenters. The molecule has 0 saturated heterocycles. The lowest BCUT2D eigenvalue weighted by atomic mass is 9.70. The fourth-order valence-electron chi connectivity index (χ4n) is 9.93. The number of hydrogen-bond donors (Lipinski definition) is 0. The van der Waals surface area contributed by atoms with Crippen molar-refractivity contribution >= 4 is 49.8 Å². The van der Waals surface area contributed by atoms with E-state index in [0.717, 1.165) is 39.0 Å².